The van der Waals surface area contributed by atoms with Crippen LogP contribution in [0.25, 0.3) is 0 Å². The zero-order chi connectivity index (χ0) is 9.14. The van der Waals surface area contributed by atoms with Gasteiger partial charge in [0.05, 0.1) is 0 Å². The molecule has 1 unspecified atom stereocenters. The molecule has 1 aromatic rings. The Bertz CT molecular complexity index is 278. The van der Waals surface area contributed by atoms with E-state index in [2.05, 4.69) is 12.6 Å². The van der Waals surface area contributed by atoms with Gasteiger partial charge >= 0.3 is 0 Å². The van der Waals surface area contributed by atoms with Gasteiger partial charge in [-0.3, -0.25) is 0 Å². The summed E-state index contributed by atoms with van der Waals surface area (Å²) in [6.45, 7) is 1.80. The van der Waals surface area contributed by atoms with Crippen molar-refractivity contribution in [3.05, 3.63) is 23.8 Å². The average Bonchev–Trinajstić information content (AvgIpc) is 2.03. The molecule has 0 aliphatic rings. The lowest BCUT2D eigenvalue weighted by Crippen LogP contribution is -2.01. The molecule has 0 bridgehead atoms. The van der Waals surface area contributed by atoms with Crippen LogP contribution < -0.4 is 5.73 Å². The third-order valence-electron chi connectivity index (χ3n) is 1.78. The molecule has 0 heterocycles. The van der Waals surface area contributed by atoms with Crippen LogP contribution in [0.1, 0.15) is 18.4 Å². The number of nitrogens with two attached hydrogens (primary N) is 1. The third-order valence-corrected chi connectivity index (χ3v) is 2.17. The maximum atomic E-state index is 10.5. The maximum absolute atomic E-state index is 10.5. The lowest BCUT2D eigenvalue weighted by Gasteiger charge is -2.10. The minimum Gasteiger partial charge on any atom is -0.398 e. The minimum absolute atomic E-state index is 0.182. The highest BCUT2D eigenvalue weighted by atomic mass is 32.1. The quantitative estimate of drug-likeness (QED) is 0.415. The van der Waals surface area contributed by atoms with Gasteiger partial charge < -0.3 is 10.5 Å². The van der Waals surface area contributed by atoms with Gasteiger partial charge in [-0.25, -0.2) is 0 Å². The van der Waals surface area contributed by atoms with Crippen molar-refractivity contribution in [2.24, 2.45) is 0 Å². The highest BCUT2D eigenvalue weighted by molar-refractivity contribution is 7.80. The Labute approximate surface area is 77.2 Å². The van der Waals surface area contributed by atoms with E-state index in [0.717, 1.165) is 16.7 Å². The van der Waals surface area contributed by atoms with Gasteiger partial charge in [-0.15, -0.1) is 12.6 Å². The first-order valence-corrected chi connectivity index (χ1v) is 4.14. The van der Waals surface area contributed by atoms with Gasteiger partial charge in [0.25, 0.3) is 0 Å². The lowest BCUT2D eigenvalue weighted by molar-refractivity contribution is -0.108. The first kappa shape index (κ1) is 9.13. The van der Waals surface area contributed by atoms with Crippen molar-refractivity contribution in [1.82, 2.24) is 0 Å². The fraction of sp³-hybridized carbons (Fsp3) is 0.222. The summed E-state index contributed by atoms with van der Waals surface area (Å²) in [6, 6.07) is 5.42. The van der Waals surface area contributed by atoms with E-state index in [0.29, 0.717) is 5.69 Å². The lowest BCUT2D eigenvalue weighted by atomic mass is 10.0. The molecule has 2 N–H and O–H groups in total. The van der Waals surface area contributed by atoms with Crippen LogP contribution in [0.15, 0.2) is 23.1 Å². The van der Waals surface area contributed by atoms with E-state index in [1.807, 2.05) is 12.1 Å². The van der Waals surface area contributed by atoms with Crippen molar-refractivity contribution >= 4 is 24.6 Å². The first-order chi connectivity index (χ1) is 5.66. The molecule has 0 saturated carbocycles. The number of anilines is 1. The minimum atomic E-state index is -0.182. The third kappa shape index (κ3) is 1.61. The molecule has 0 aliphatic heterocycles. The maximum Gasteiger partial charge on any atom is 0.127 e. The number of hydrogen-bond donors (Lipinski definition) is 2. The second-order valence-corrected chi connectivity index (χ2v) is 3.19. The second-order valence-electron chi connectivity index (χ2n) is 2.70. The number of benzene rings is 1. The molecule has 0 aromatic heterocycles. The fourth-order valence-corrected chi connectivity index (χ4v) is 1.55. The first-order valence-electron chi connectivity index (χ1n) is 3.69. The van der Waals surface area contributed by atoms with Crippen LogP contribution in [0.4, 0.5) is 5.69 Å². The number of carbonyl (C=O) groups excluding carboxylic acids is 1. The van der Waals surface area contributed by atoms with E-state index < -0.39 is 0 Å². The normalized spacial score (nSPS) is 12.5. The molecule has 2 nitrogen and oxygen atoms in total. The molecule has 12 heavy (non-hydrogen) atoms. The monoisotopic (exact) mass is 181 g/mol. The Morgan fingerprint density at radius 3 is 2.75 bits per heavy atom. The molecule has 1 atom stereocenters. The number of thiol groups is 1. The largest absolute Gasteiger partial charge is 0.398 e. The number of nitrogen functional groups attached to an aromatic ring is 1. The number of rotatable bonds is 2. The van der Waals surface area contributed by atoms with Crippen LogP contribution in [0.3, 0.4) is 0 Å². The Morgan fingerprint density at radius 2 is 2.25 bits per heavy atom. The van der Waals surface area contributed by atoms with Crippen molar-refractivity contribution in [1.29, 1.82) is 0 Å². The van der Waals surface area contributed by atoms with Gasteiger partial charge in [0.15, 0.2) is 0 Å². The van der Waals surface area contributed by atoms with Crippen molar-refractivity contribution in [3.8, 4) is 0 Å². The van der Waals surface area contributed by atoms with E-state index in [1.54, 1.807) is 13.0 Å². The molecule has 0 fully saturated rings. The summed E-state index contributed by atoms with van der Waals surface area (Å²) in [5.74, 6) is -0.182. The predicted octanol–water partition coefficient (Wildman–Crippen LogP) is 1.86. The van der Waals surface area contributed by atoms with Gasteiger partial charge in [0.1, 0.15) is 6.29 Å². The van der Waals surface area contributed by atoms with E-state index in [-0.39, 0.29) is 5.92 Å². The van der Waals surface area contributed by atoms with Crippen molar-refractivity contribution < 1.29 is 4.79 Å². The second kappa shape index (κ2) is 3.63. The van der Waals surface area contributed by atoms with Gasteiger partial charge in [-0.1, -0.05) is 13.0 Å². The standard InChI is InChI=1S/C9H11NOS/c1-6(5-11)9-7(10)3-2-4-8(9)12/h2-6,12H,10H2,1H3. The highest BCUT2D eigenvalue weighted by Crippen LogP contribution is 2.26. The molecule has 1 rings (SSSR count). The summed E-state index contributed by atoms with van der Waals surface area (Å²) in [6.07, 6.45) is 0.866. The summed E-state index contributed by atoms with van der Waals surface area (Å²) in [4.78, 5) is 11.3. The zero-order valence-electron chi connectivity index (χ0n) is 6.82. The van der Waals surface area contributed by atoms with Crippen molar-refractivity contribution in [2.75, 3.05) is 5.73 Å². The van der Waals surface area contributed by atoms with Crippen LogP contribution in [0, 0.1) is 0 Å². The van der Waals surface area contributed by atoms with Gasteiger partial charge in [0.2, 0.25) is 0 Å². The molecular weight excluding hydrogens is 170 g/mol. The summed E-state index contributed by atoms with van der Waals surface area (Å²) in [5, 5.41) is 0. The van der Waals surface area contributed by atoms with Crippen LogP contribution >= 0.6 is 12.6 Å². The number of carbonyl (C=O) groups is 1. The molecule has 0 saturated heterocycles. The van der Waals surface area contributed by atoms with Crippen molar-refractivity contribution in [2.45, 2.75) is 17.7 Å². The van der Waals surface area contributed by atoms with Gasteiger partial charge in [-0.2, -0.15) is 0 Å². The van der Waals surface area contributed by atoms with E-state index in [9.17, 15) is 4.79 Å². The number of hydrogen-bond acceptors (Lipinski definition) is 3. The Hall–Kier alpha value is -0.960. The van der Waals surface area contributed by atoms with Crippen LogP contribution in [-0.2, 0) is 4.79 Å². The molecule has 0 spiro atoms. The highest BCUT2D eigenvalue weighted by Gasteiger charge is 2.10. The zero-order valence-corrected chi connectivity index (χ0v) is 7.71. The predicted molar refractivity (Wildman–Crippen MR) is 52.6 cm³/mol. The summed E-state index contributed by atoms with van der Waals surface area (Å²) in [7, 11) is 0. The molecule has 64 valence electrons. The van der Waals surface area contributed by atoms with E-state index >= 15 is 0 Å². The van der Waals surface area contributed by atoms with Crippen LogP contribution in [0.5, 0.6) is 0 Å². The summed E-state index contributed by atoms with van der Waals surface area (Å²) < 4.78 is 0. The molecule has 0 aliphatic carbocycles. The topological polar surface area (TPSA) is 43.1 Å². The molecule has 0 radical (unpaired) electrons. The van der Waals surface area contributed by atoms with Crippen LogP contribution in [-0.4, -0.2) is 6.29 Å². The fourth-order valence-electron chi connectivity index (χ4n) is 1.13. The Kier molecular flexibility index (Phi) is 2.76. The van der Waals surface area contributed by atoms with Gasteiger partial charge in [0, 0.05) is 16.5 Å². The van der Waals surface area contributed by atoms with Gasteiger partial charge in [-0.05, 0) is 17.7 Å². The molecular formula is C9H11NOS. The summed E-state index contributed by atoms with van der Waals surface area (Å²) in [5.41, 5.74) is 7.13. The summed E-state index contributed by atoms with van der Waals surface area (Å²) >= 11 is 4.22. The van der Waals surface area contributed by atoms with Crippen LogP contribution in [0.2, 0.25) is 0 Å². The van der Waals surface area contributed by atoms with Crippen molar-refractivity contribution in [3.63, 3.8) is 0 Å². The Morgan fingerprint density at radius 1 is 1.58 bits per heavy atom. The van der Waals surface area contributed by atoms with E-state index in [4.69, 9.17) is 5.73 Å². The smallest absolute Gasteiger partial charge is 0.127 e. The molecule has 1 aromatic carbocycles. The van der Waals surface area contributed by atoms with E-state index in [1.165, 1.54) is 0 Å². The molecule has 0 amide bonds. The Balaban J connectivity index is 3.20. The SMILES string of the molecule is CC(C=O)c1c(N)cccc1S. The number of aldehydes is 1. The molecule has 3 heteroatoms. The average molecular weight is 181 g/mol.